The summed E-state index contributed by atoms with van der Waals surface area (Å²) in [4.78, 5) is 2.46. The van der Waals surface area contributed by atoms with Gasteiger partial charge < -0.3 is 10.1 Å². The van der Waals surface area contributed by atoms with Gasteiger partial charge in [0.2, 0.25) is 0 Å². The standard InChI is InChI=1S/C15H27ClN4O/c1-5-17-14(15-12(16)9-18-20(15)6-2)13-10-19(11(3)4)7-8-21-13/h9,11,13-14,17H,5-8,10H2,1-4H3. The third-order valence-electron chi connectivity index (χ3n) is 4.08. The average Bonchev–Trinajstić information content (AvgIpc) is 2.85. The number of halogens is 1. The lowest BCUT2D eigenvalue weighted by atomic mass is 10.0. The largest absolute Gasteiger partial charge is 0.374 e. The maximum atomic E-state index is 6.38. The Bertz CT molecular complexity index is 449. The minimum absolute atomic E-state index is 0.0755. The maximum Gasteiger partial charge on any atom is 0.0912 e. The number of aryl methyl sites for hydroxylation is 1. The monoisotopic (exact) mass is 314 g/mol. The van der Waals surface area contributed by atoms with Crippen LogP contribution in [0, 0.1) is 0 Å². The molecule has 2 atom stereocenters. The average molecular weight is 315 g/mol. The van der Waals surface area contributed by atoms with Gasteiger partial charge in [-0.1, -0.05) is 18.5 Å². The fourth-order valence-electron chi connectivity index (χ4n) is 2.92. The van der Waals surface area contributed by atoms with Gasteiger partial charge >= 0.3 is 0 Å². The molecule has 0 saturated carbocycles. The first-order valence-corrected chi connectivity index (χ1v) is 8.26. The number of hydrogen-bond acceptors (Lipinski definition) is 4. The second kappa shape index (κ2) is 7.58. The molecule has 0 aliphatic carbocycles. The van der Waals surface area contributed by atoms with E-state index in [-0.39, 0.29) is 12.1 Å². The number of ether oxygens (including phenoxy) is 1. The Labute approximate surface area is 132 Å². The van der Waals surface area contributed by atoms with Crippen LogP contribution in [-0.2, 0) is 11.3 Å². The van der Waals surface area contributed by atoms with Gasteiger partial charge in [0.1, 0.15) is 0 Å². The molecule has 0 aromatic carbocycles. The molecule has 0 bridgehead atoms. The Kier molecular flexibility index (Phi) is 6.05. The van der Waals surface area contributed by atoms with E-state index in [1.54, 1.807) is 6.20 Å². The highest BCUT2D eigenvalue weighted by Gasteiger charge is 2.33. The molecule has 2 heterocycles. The van der Waals surface area contributed by atoms with E-state index < -0.39 is 0 Å². The van der Waals surface area contributed by atoms with E-state index in [9.17, 15) is 0 Å². The zero-order valence-electron chi connectivity index (χ0n) is 13.5. The lowest BCUT2D eigenvalue weighted by Crippen LogP contribution is -2.50. The van der Waals surface area contributed by atoms with Crippen molar-refractivity contribution < 1.29 is 4.74 Å². The molecule has 2 rings (SSSR count). The van der Waals surface area contributed by atoms with Gasteiger partial charge in [-0.3, -0.25) is 9.58 Å². The first-order chi connectivity index (χ1) is 10.1. The number of morpholine rings is 1. The van der Waals surface area contributed by atoms with Crippen molar-refractivity contribution in [3.63, 3.8) is 0 Å². The van der Waals surface area contributed by atoms with Crippen LogP contribution in [-0.4, -0.2) is 53.1 Å². The topological polar surface area (TPSA) is 42.3 Å². The summed E-state index contributed by atoms with van der Waals surface area (Å²) in [5.74, 6) is 0. The summed E-state index contributed by atoms with van der Waals surface area (Å²) in [6.45, 7) is 13.0. The second-order valence-electron chi connectivity index (χ2n) is 5.73. The van der Waals surface area contributed by atoms with E-state index >= 15 is 0 Å². The first kappa shape index (κ1) is 16.7. The molecular weight excluding hydrogens is 288 g/mol. The minimum Gasteiger partial charge on any atom is -0.374 e. The Morgan fingerprint density at radius 3 is 2.86 bits per heavy atom. The van der Waals surface area contributed by atoms with Gasteiger partial charge in [-0.25, -0.2) is 0 Å². The molecule has 1 fully saturated rings. The van der Waals surface area contributed by atoms with Crippen LogP contribution in [0.5, 0.6) is 0 Å². The van der Waals surface area contributed by atoms with Gasteiger partial charge in [0.25, 0.3) is 0 Å². The first-order valence-electron chi connectivity index (χ1n) is 7.88. The van der Waals surface area contributed by atoms with Crippen molar-refractivity contribution >= 4 is 11.6 Å². The van der Waals surface area contributed by atoms with Crippen LogP contribution >= 0.6 is 11.6 Å². The van der Waals surface area contributed by atoms with E-state index in [0.717, 1.165) is 38.5 Å². The highest BCUT2D eigenvalue weighted by molar-refractivity contribution is 6.31. The van der Waals surface area contributed by atoms with E-state index in [1.165, 1.54) is 0 Å². The molecule has 120 valence electrons. The van der Waals surface area contributed by atoms with Crippen molar-refractivity contribution in [2.45, 2.75) is 52.4 Å². The fraction of sp³-hybridized carbons (Fsp3) is 0.800. The summed E-state index contributed by atoms with van der Waals surface area (Å²) in [7, 11) is 0. The molecule has 1 aromatic heterocycles. The predicted octanol–water partition coefficient (Wildman–Crippen LogP) is 2.32. The highest BCUT2D eigenvalue weighted by atomic mass is 35.5. The van der Waals surface area contributed by atoms with E-state index in [1.807, 2.05) is 4.68 Å². The summed E-state index contributed by atoms with van der Waals surface area (Å²) < 4.78 is 8.01. The molecule has 2 unspecified atom stereocenters. The maximum absolute atomic E-state index is 6.38. The van der Waals surface area contributed by atoms with Crippen molar-refractivity contribution in [1.29, 1.82) is 0 Å². The van der Waals surface area contributed by atoms with E-state index in [0.29, 0.717) is 11.1 Å². The predicted molar refractivity (Wildman–Crippen MR) is 85.8 cm³/mol. The summed E-state index contributed by atoms with van der Waals surface area (Å²) >= 11 is 6.38. The normalized spacial score (nSPS) is 21.9. The molecule has 0 amide bonds. The number of rotatable bonds is 6. The SMILES string of the molecule is CCNC(c1c(Cl)cnn1CC)C1CN(C(C)C)CCO1. The van der Waals surface area contributed by atoms with Crippen molar-refractivity contribution in [2.75, 3.05) is 26.2 Å². The zero-order valence-corrected chi connectivity index (χ0v) is 14.2. The molecule has 0 radical (unpaired) electrons. The third kappa shape index (κ3) is 3.77. The summed E-state index contributed by atoms with van der Waals surface area (Å²) in [6, 6.07) is 0.608. The van der Waals surface area contributed by atoms with E-state index in [4.69, 9.17) is 16.3 Å². The van der Waals surface area contributed by atoms with Crippen LogP contribution < -0.4 is 5.32 Å². The van der Waals surface area contributed by atoms with Crippen LogP contribution in [0.1, 0.15) is 39.4 Å². The third-order valence-corrected chi connectivity index (χ3v) is 4.37. The van der Waals surface area contributed by atoms with Crippen LogP contribution in [0.25, 0.3) is 0 Å². The van der Waals surface area contributed by atoms with Gasteiger partial charge in [-0.15, -0.1) is 0 Å². The van der Waals surface area contributed by atoms with Gasteiger partial charge in [0.05, 0.1) is 35.7 Å². The second-order valence-corrected chi connectivity index (χ2v) is 6.13. The van der Waals surface area contributed by atoms with Crippen LogP contribution in [0.15, 0.2) is 6.20 Å². The van der Waals surface area contributed by atoms with Crippen LogP contribution in [0.2, 0.25) is 5.02 Å². The number of nitrogens with one attached hydrogen (secondary N) is 1. The Balaban J connectivity index is 2.23. The fourth-order valence-corrected chi connectivity index (χ4v) is 3.18. The molecule has 0 spiro atoms. The molecule has 1 aromatic rings. The lowest BCUT2D eigenvalue weighted by Gasteiger charge is -2.39. The number of aromatic nitrogens is 2. The molecule has 1 aliphatic rings. The van der Waals surface area contributed by atoms with E-state index in [2.05, 4.69) is 43.0 Å². The smallest absolute Gasteiger partial charge is 0.0912 e. The molecule has 6 heteroatoms. The molecular formula is C15H27ClN4O. The number of likely N-dealkylation sites (N-methyl/N-ethyl adjacent to an activating group) is 1. The Hall–Kier alpha value is -0.620. The van der Waals surface area contributed by atoms with Crippen LogP contribution in [0.3, 0.4) is 0 Å². The summed E-state index contributed by atoms with van der Waals surface area (Å²) in [5, 5.41) is 8.61. The van der Waals surface area contributed by atoms with Gasteiger partial charge in [0.15, 0.2) is 0 Å². The van der Waals surface area contributed by atoms with Gasteiger partial charge in [-0.05, 0) is 27.3 Å². The zero-order chi connectivity index (χ0) is 15.4. The minimum atomic E-state index is 0.0755. The highest BCUT2D eigenvalue weighted by Crippen LogP contribution is 2.28. The summed E-state index contributed by atoms with van der Waals surface area (Å²) in [6.07, 6.45) is 1.83. The quantitative estimate of drug-likeness (QED) is 0.875. The molecule has 1 N–H and O–H groups in total. The molecule has 5 nitrogen and oxygen atoms in total. The number of nitrogens with zero attached hydrogens (tertiary/aromatic N) is 3. The van der Waals surface area contributed by atoms with Crippen LogP contribution in [0.4, 0.5) is 0 Å². The lowest BCUT2D eigenvalue weighted by molar-refractivity contribution is -0.0570. The van der Waals surface area contributed by atoms with Crippen molar-refractivity contribution in [1.82, 2.24) is 20.0 Å². The number of hydrogen-bond donors (Lipinski definition) is 1. The summed E-state index contributed by atoms with van der Waals surface area (Å²) in [5.41, 5.74) is 1.04. The Morgan fingerprint density at radius 1 is 1.48 bits per heavy atom. The molecule has 1 aliphatic heterocycles. The van der Waals surface area contributed by atoms with Crippen molar-refractivity contribution in [2.24, 2.45) is 0 Å². The van der Waals surface area contributed by atoms with Crippen molar-refractivity contribution in [3.8, 4) is 0 Å². The van der Waals surface area contributed by atoms with Crippen molar-refractivity contribution in [3.05, 3.63) is 16.9 Å². The molecule has 21 heavy (non-hydrogen) atoms. The molecule has 1 saturated heterocycles. The van der Waals surface area contributed by atoms with Gasteiger partial charge in [0, 0.05) is 25.7 Å². The Morgan fingerprint density at radius 2 is 2.24 bits per heavy atom. The van der Waals surface area contributed by atoms with Gasteiger partial charge in [-0.2, -0.15) is 5.10 Å².